The normalized spacial score (nSPS) is 14.4. The molecule has 0 heterocycles. The van der Waals surface area contributed by atoms with Gasteiger partial charge in [-0.25, -0.2) is 0 Å². The summed E-state index contributed by atoms with van der Waals surface area (Å²) in [6, 6.07) is 24.2. The summed E-state index contributed by atoms with van der Waals surface area (Å²) in [5.74, 6) is 0.914. The lowest BCUT2D eigenvalue weighted by molar-refractivity contribution is -0.143. The van der Waals surface area contributed by atoms with E-state index < -0.39 is 6.04 Å². The van der Waals surface area contributed by atoms with Gasteiger partial charge in [0.15, 0.2) is 6.61 Å². The molecule has 1 aliphatic rings. The molecule has 0 bridgehead atoms. The molecule has 0 radical (unpaired) electrons. The number of carbonyl (C=O) groups excluding carboxylic acids is 2. The topological polar surface area (TPSA) is 67.9 Å². The van der Waals surface area contributed by atoms with Crippen molar-refractivity contribution in [3.05, 3.63) is 94.5 Å². The molecule has 3 aromatic carbocycles. The van der Waals surface area contributed by atoms with E-state index >= 15 is 0 Å². The number of carbonyl (C=O) groups is 2. The maximum Gasteiger partial charge on any atom is 0.261 e. The van der Waals surface area contributed by atoms with Gasteiger partial charge in [-0.1, -0.05) is 77.7 Å². The minimum absolute atomic E-state index is 0.124. The third kappa shape index (κ3) is 8.09. The molecule has 2 amide bonds. The van der Waals surface area contributed by atoms with Gasteiger partial charge in [0.1, 0.15) is 17.5 Å². The van der Waals surface area contributed by atoms with Crippen LogP contribution in [0, 0.1) is 0 Å². The maximum atomic E-state index is 13.8. The minimum atomic E-state index is -0.688. The van der Waals surface area contributed by atoms with Crippen LogP contribution in [0.25, 0.3) is 0 Å². The molecule has 1 saturated carbocycles. The van der Waals surface area contributed by atoms with E-state index in [-0.39, 0.29) is 31.0 Å². The summed E-state index contributed by atoms with van der Waals surface area (Å²) in [7, 11) is 1.61. The molecule has 0 aliphatic heterocycles. The van der Waals surface area contributed by atoms with E-state index in [2.05, 4.69) is 21.2 Å². The van der Waals surface area contributed by atoms with Gasteiger partial charge in [-0.05, 0) is 60.4 Å². The zero-order valence-electron chi connectivity index (χ0n) is 21.8. The maximum absolute atomic E-state index is 13.8. The molecule has 0 aromatic heterocycles. The van der Waals surface area contributed by atoms with Crippen molar-refractivity contribution in [3.8, 4) is 11.5 Å². The monoisotopic (exact) mass is 578 g/mol. The molecule has 0 spiro atoms. The van der Waals surface area contributed by atoms with E-state index in [4.69, 9.17) is 9.47 Å². The van der Waals surface area contributed by atoms with Gasteiger partial charge in [0.2, 0.25) is 5.91 Å². The van der Waals surface area contributed by atoms with Crippen molar-refractivity contribution in [2.45, 2.75) is 57.2 Å². The summed E-state index contributed by atoms with van der Waals surface area (Å²) in [6.07, 6.45) is 5.78. The molecule has 3 aromatic rings. The van der Waals surface area contributed by atoms with E-state index in [0.29, 0.717) is 17.9 Å². The van der Waals surface area contributed by atoms with Crippen molar-refractivity contribution in [1.29, 1.82) is 0 Å². The number of halogens is 1. The van der Waals surface area contributed by atoms with Crippen LogP contribution >= 0.6 is 15.9 Å². The molecule has 1 aliphatic carbocycles. The first-order valence-electron chi connectivity index (χ1n) is 13.2. The number of benzene rings is 3. The quantitative estimate of drug-likeness (QED) is 0.306. The SMILES string of the molecule is COc1cccc(CN(C(=O)COc2ccc(Br)cc2)[C@@H](Cc2ccccc2)C(=O)NC2CCCCC2)c1. The van der Waals surface area contributed by atoms with Gasteiger partial charge >= 0.3 is 0 Å². The summed E-state index contributed by atoms with van der Waals surface area (Å²) in [5, 5.41) is 3.26. The predicted octanol–water partition coefficient (Wildman–Crippen LogP) is 5.93. The number of ether oxygens (including phenoxy) is 2. The predicted molar refractivity (Wildman–Crippen MR) is 152 cm³/mol. The minimum Gasteiger partial charge on any atom is -0.497 e. The van der Waals surface area contributed by atoms with Crippen LogP contribution in [0.5, 0.6) is 11.5 Å². The fourth-order valence-corrected chi connectivity index (χ4v) is 5.09. The van der Waals surface area contributed by atoms with E-state index in [1.165, 1.54) is 6.42 Å². The zero-order valence-corrected chi connectivity index (χ0v) is 23.4. The number of nitrogens with one attached hydrogen (secondary N) is 1. The van der Waals surface area contributed by atoms with Gasteiger partial charge < -0.3 is 19.7 Å². The second-order valence-electron chi connectivity index (χ2n) is 9.66. The standard InChI is InChI=1S/C31H35BrN2O4/c1-37-28-14-8-11-24(19-28)21-34(30(35)22-38-27-17-15-25(32)16-18-27)29(20-23-9-4-2-5-10-23)31(36)33-26-12-6-3-7-13-26/h2,4-5,8-11,14-19,26,29H,3,6-7,12-13,20-22H2,1H3,(H,33,36)/t29-/m0/s1. The number of hydrogen-bond acceptors (Lipinski definition) is 4. The molecule has 1 atom stereocenters. The average Bonchev–Trinajstić information content (AvgIpc) is 2.95. The Balaban J connectivity index is 1.61. The van der Waals surface area contributed by atoms with Crippen molar-refractivity contribution < 1.29 is 19.1 Å². The number of nitrogens with zero attached hydrogens (tertiary/aromatic N) is 1. The van der Waals surface area contributed by atoms with Crippen LogP contribution in [0.1, 0.15) is 43.2 Å². The second-order valence-corrected chi connectivity index (χ2v) is 10.6. The van der Waals surface area contributed by atoms with Crippen LogP contribution in [0.4, 0.5) is 0 Å². The summed E-state index contributed by atoms with van der Waals surface area (Å²) in [5.41, 5.74) is 1.87. The molecule has 200 valence electrons. The fourth-order valence-electron chi connectivity index (χ4n) is 4.82. The van der Waals surface area contributed by atoms with Gasteiger partial charge in [-0.2, -0.15) is 0 Å². The molecule has 7 heteroatoms. The van der Waals surface area contributed by atoms with E-state index in [1.807, 2.05) is 66.7 Å². The number of amides is 2. The third-order valence-corrected chi connectivity index (χ3v) is 7.41. The zero-order chi connectivity index (χ0) is 26.7. The summed E-state index contributed by atoms with van der Waals surface area (Å²) < 4.78 is 12.2. The molecule has 38 heavy (non-hydrogen) atoms. The van der Waals surface area contributed by atoms with Crippen LogP contribution in [0.2, 0.25) is 0 Å². The van der Waals surface area contributed by atoms with Crippen LogP contribution in [-0.4, -0.2) is 42.5 Å². The van der Waals surface area contributed by atoms with Gasteiger partial charge in [0.25, 0.3) is 5.91 Å². The van der Waals surface area contributed by atoms with Gasteiger partial charge in [0.05, 0.1) is 7.11 Å². The second kappa shape index (κ2) is 14.0. The lowest BCUT2D eigenvalue weighted by Crippen LogP contribution is -2.53. The Morgan fingerprint density at radius 1 is 0.921 bits per heavy atom. The third-order valence-electron chi connectivity index (χ3n) is 6.89. The average molecular weight is 580 g/mol. The highest BCUT2D eigenvalue weighted by Crippen LogP contribution is 2.22. The highest BCUT2D eigenvalue weighted by molar-refractivity contribution is 9.10. The van der Waals surface area contributed by atoms with Crippen molar-refractivity contribution in [2.24, 2.45) is 0 Å². The smallest absolute Gasteiger partial charge is 0.261 e. The van der Waals surface area contributed by atoms with Crippen LogP contribution < -0.4 is 14.8 Å². The first-order valence-corrected chi connectivity index (χ1v) is 14.0. The molecule has 4 rings (SSSR count). The molecule has 0 unspecified atom stereocenters. The largest absolute Gasteiger partial charge is 0.497 e. The Labute approximate surface area is 233 Å². The highest BCUT2D eigenvalue weighted by atomic mass is 79.9. The molecular weight excluding hydrogens is 544 g/mol. The molecule has 6 nitrogen and oxygen atoms in total. The van der Waals surface area contributed by atoms with Crippen molar-refractivity contribution >= 4 is 27.7 Å². The first-order chi connectivity index (χ1) is 18.5. The van der Waals surface area contributed by atoms with E-state index in [9.17, 15) is 9.59 Å². The van der Waals surface area contributed by atoms with Crippen LogP contribution in [0.15, 0.2) is 83.3 Å². The lowest BCUT2D eigenvalue weighted by atomic mass is 9.94. The summed E-state index contributed by atoms with van der Waals surface area (Å²) in [6.45, 7) is 0.0862. The van der Waals surface area contributed by atoms with E-state index in [0.717, 1.165) is 41.3 Å². The number of methoxy groups -OCH3 is 1. The van der Waals surface area contributed by atoms with Crippen molar-refractivity contribution in [2.75, 3.05) is 13.7 Å². The Hall–Kier alpha value is -3.32. The van der Waals surface area contributed by atoms with Crippen molar-refractivity contribution in [3.63, 3.8) is 0 Å². The van der Waals surface area contributed by atoms with Gasteiger partial charge in [0, 0.05) is 23.5 Å². The fraction of sp³-hybridized carbons (Fsp3) is 0.355. The van der Waals surface area contributed by atoms with E-state index in [1.54, 1.807) is 24.1 Å². The highest BCUT2D eigenvalue weighted by Gasteiger charge is 2.32. The molecular formula is C31H35BrN2O4. The molecule has 1 N–H and O–H groups in total. The van der Waals surface area contributed by atoms with Crippen LogP contribution in [-0.2, 0) is 22.6 Å². The Kier molecular flexibility index (Phi) is 10.2. The Morgan fingerprint density at radius 3 is 2.34 bits per heavy atom. The summed E-state index contributed by atoms with van der Waals surface area (Å²) in [4.78, 5) is 29.2. The van der Waals surface area contributed by atoms with Crippen LogP contribution in [0.3, 0.4) is 0 Å². The van der Waals surface area contributed by atoms with Gasteiger partial charge in [-0.15, -0.1) is 0 Å². The number of hydrogen-bond donors (Lipinski definition) is 1. The first kappa shape index (κ1) is 27.7. The lowest BCUT2D eigenvalue weighted by Gasteiger charge is -2.33. The number of rotatable bonds is 11. The van der Waals surface area contributed by atoms with Crippen molar-refractivity contribution in [1.82, 2.24) is 10.2 Å². The summed E-state index contributed by atoms with van der Waals surface area (Å²) >= 11 is 3.42. The van der Waals surface area contributed by atoms with Gasteiger partial charge in [-0.3, -0.25) is 9.59 Å². The molecule has 1 fully saturated rings. The Bertz CT molecular complexity index is 1180. The molecule has 0 saturated heterocycles. The Morgan fingerprint density at radius 2 is 1.63 bits per heavy atom.